The fourth-order valence-corrected chi connectivity index (χ4v) is 8.87. The van der Waals surface area contributed by atoms with Crippen LogP contribution < -0.4 is 0 Å². The fourth-order valence-electron chi connectivity index (χ4n) is 8.87. The summed E-state index contributed by atoms with van der Waals surface area (Å²) in [5, 5.41) is 0. The normalized spacial score (nSPS) is 12.0. The summed E-state index contributed by atoms with van der Waals surface area (Å²) in [6.07, 6.45) is 53.8. The first kappa shape index (κ1) is 62.4. The van der Waals surface area contributed by atoms with Gasteiger partial charge in [-0.25, -0.2) is 0 Å². The van der Waals surface area contributed by atoms with Crippen molar-refractivity contribution in [3.63, 3.8) is 0 Å². The molecule has 0 N–H and O–H groups in total. The molecule has 0 aromatic carbocycles. The van der Waals surface area contributed by atoms with Gasteiger partial charge in [0.05, 0.1) is 0 Å². The van der Waals surface area contributed by atoms with E-state index in [4.69, 9.17) is 14.2 Å². The Labute approximate surface area is 399 Å². The summed E-state index contributed by atoms with van der Waals surface area (Å²) in [6.45, 7) is 11.4. The molecule has 0 unspecified atom stereocenters. The molecule has 0 bridgehead atoms. The van der Waals surface area contributed by atoms with E-state index in [0.717, 1.165) is 69.6 Å². The third kappa shape index (κ3) is 51.4. The highest BCUT2D eigenvalue weighted by molar-refractivity contribution is 5.71. The first-order chi connectivity index (χ1) is 31.2. The van der Waals surface area contributed by atoms with E-state index in [1.807, 2.05) is 0 Å². The van der Waals surface area contributed by atoms with E-state index < -0.39 is 6.10 Å². The third-order valence-corrected chi connectivity index (χ3v) is 13.2. The lowest BCUT2D eigenvalue weighted by Crippen LogP contribution is -2.30. The first-order valence-corrected chi connectivity index (χ1v) is 28.7. The van der Waals surface area contributed by atoms with E-state index in [1.165, 1.54) is 212 Å². The largest absolute Gasteiger partial charge is 0.462 e. The Hall–Kier alpha value is -1.59. The molecule has 0 spiro atoms. The van der Waals surface area contributed by atoms with Crippen molar-refractivity contribution in [1.82, 2.24) is 0 Å². The van der Waals surface area contributed by atoms with Gasteiger partial charge < -0.3 is 14.2 Å². The molecule has 0 rings (SSSR count). The van der Waals surface area contributed by atoms with Crippen molar-refractivity contribution in [2.75, 3.05) is 13.2 Å². The summed E-state index contributed by atoms with van der Waals surface area (Å²) in [5.74, 6) is 0.825. The van der Waals surface area contributed by atoms with Crippen LogP contribution in [-0.2, 0) is 28.6 Å². The van der Waals surface area contributed by atoms with E-state index in [0.29, 0.717) is 19.3 Å². The zero-order valence-electron chi connectivity index (χ0n) is 43.9. The van der Waals surface area contributed by atoms with Crippen LogP contribution in [0.2, 0.25) is 0 Å². The van der Waals surface area contributed by atoms with Crippen LogP contribution in [0.5, 0.6) is 0 Å². The standard InChI is InChI=1S/C58H112O6/c1-6-7-8-9-10-11-12-13-15-19-22-28-33-38-43-48-56(59)62-51-55(64-58(61)50-45-40-35-30-25-24-27-32-37-42-47-54(4)5)52-63-57(60)49-44-39-34-29-23-20-17-14-16-18-21-26-31-36-41-46-53(2)3/h53-55H,6-52H2,1-5H3/t55-/m0/s1. The summed E-state index contributed by atoms with van der Waals surface area (Å²) in [5.41, 5.74) is 0. The maximum atomic E-state index is 12.8. The Morgan fingerprint density at radius 1 is 0.297 bits per heavy atom. The number of ether oxygens (including phenoxy) is 3. The second-order valence-electron chi connectivity index (χ2n) is 20.9. The molecule has 0 radical (unpaired) electrons. The lowest BCUT2D eigenvalue weighted by Gasteiger charge is -2.18. The lowest BCUT2D eigenvalue weighted by molar-refractivity contribution is -0.167. The molecule has 0 saturated heterocycles. The molecule has 0 heterocycles. The van der Waals surface area contributed by atoms with Crippen molar-refractivity contribution in [1.29, 1.82) is 0 Å². The summed E-state index contributed by atoms with van der Waals surface area (Å²) in [6, 6.07) is 0. The van der Waals surface area contributed by atoms with Crippen molar-refractivity contribution in [2.24, 2.45) is 11.8 Å². The number of carbonyl (C=O) groups excluding carboxylic acids is 3. The van der Waals surface area contributed by atoms with E-state index in [-0.39, 0.29) is 31.1 Å². The van der Waals surface area contributed by atoms with Crippen molar-refractivity contribution in [3.8, 4) is 0 Å². The highest BCUT2D eigenvalue weighted by atomic mass is 16.6. The lowest BCUT2D eigenvalue weighted by atomic mass is 10.0. The minimum atomic E-state index is -0.762. The molecule has 380 valence electrons. The predicted molar refractivity (Wildman–Crippen MR) is 275 cm³/mol. The fraction of sp³-hybridized carbons (Fsp3) is 0.948. The van der Waals surface area contributed by atoms with E-state index >= 15 is 0 Å². The van der Waals surface area contributed by atoms with Gasteiger partial charge in [0.25, 0.3) is 0 Å². The molecule has 0 aromatic heterocycles. The van der Waals surface area contributed by atoms with Gasteiger partial charge in [-0.05, 0) is 31.1 Å². The van der Waals surface area contributed by atoms with Crippen LogP contribution in [-0.4, -0.2) is 37.2 Å². The number of esters is 3. The number of carbonyl (C=O) groups is 3. The molecule has 6 heteroatoms. The molecule has 6 nitrogen and oxygen atoms in total. The third-order valence-electron chi connectivity index (χ3n) is 13.2. The number of unbranched alkanes of at least 4 members (excludes halogenated alkanes) is 37. The highest BCUT2D eigenvalue weighted by Gasteiger charge is 2.19. The van der Waals surface area contributed by atoms with Gasteiger partial charge in [-0.1, -0.05) is 285 Å². The smallest absolute Gasteiger partial charge is 0.306 e. The predicted octanol–water partition coefficient (Wildman–Crippen LogP) is 18.9. The Bertz CT molecular complexity index is 978. The topological polar surface area (TPSA) is 78.9 Å². The van der Waals surface area contributed by atoms with Crippen molar-refractivity contribution >= 4 is 17.9 Å². The Morgan fingerprint density at radius 2 is 0.516 bits per heavy atom. The van der Waals surface area contributed by atoms with Crippen molar-refractivity contribution in [3.05, 3.63) is 0 Å². The summed E-state index contributed by atoms with van der Waals surface area (Å²) in [4.78, 5) is 38.1. The molecular weight excluding hydrogens is 793 g/mol. The van der Waals surface area contributed by atoms with Gasteiger partial charge in [0.2, 0.25) is 0 Å². The molecule has 0 aliphatic rings. The number of hydrogen-bond acceptors (Lipinski definition) is 6. The van der Waals surface area contributed by atoms with Gasteiger partial charge in [-0.15, -0.1) is 0 Å². The maximum absolute atomic E-state index is 12.8. The van der Waals surface area contributed by atoms with Crippen LogP contribution >= 0.6 is 0 Å². The minimum Gasteiger partial charge on any atom is -0.462 e. The Balaban J connectivity index is 4.28. The van der Waals surface area contributed by atoms with Gasteiger partial charge in [-0.2, -0.15) is 0 Å². The monoisotopic (exact) mass is 905 g/mol. The molecule has 0 saturated carbocycles. The zero-order chi connectivity index (χ0) is 46.8. The van der Waals surface area contributed by atoms with Crippen LogP contribution in [0.15, 0.2) is 0 Å². The quantitative estimate of drug-likeness (QED) is 0.0344. The zero-order valence-corrected chi connectivity index (χ0v) is 43.9. The summed E-state index contributed by atoms with van der Waals surface area (Å²) >= 11 is 0. The number of hydrogen-bond donors (Lipinski definition) is 0. The maximum Gasteiger partial charge on any atom is 0.306 e. The molecule has 1 atom stereocenters. The molecule has 0 amide bonds. The Kier molecular flexibility index (Phi) is 49.6. The van der Waals surface area contributed by atoms with Gasteiger partial charge in [-0.3, -0.25) is 14.4 Å². The van der Waals surface area contributed by atoms with E-state index in [9.17, 15) is 14.4 Å². The molecule has 0 aliphatic carbocycles. The molecule has 0 fully saturated rings. The van der Waals surface area contributed by atoms with E-state index in [2.05, 4.69) is 34.6 Å². The highest BCUT2D eigenvalue weighted by Crippen LogP contribution is 2.18. The second-order valence-corrected chi connectivity index (χ2v) is 20.9. The van der Waals surface area contributed by atoms with Crippen molar-refractivity contribution in [2.45, 2.75) is 330 Å². The van der Waals surface area contributed by atoms with Crippen LogP contribution in [0.4, 0.5) is 0 Å². The Morgan fingerprint density at radius 3 is 0.766 bits per heavy atom. The van der Waals surface area contributed by atoms with Crippen LogP contribution in [0.25, 0.3) is 0 Å². The van der Waals surface area contributed by atoms with Crippen LogP contribution in [0.1, 0.15) is 324 Å². The second kappa shape index (κ2) is 50.8. The summed E-state index contributed by atoms with van der Waals surface area (Å²) in [7, 11) is 0. The van der Waals surface area contributed by atoms with Gasteiger partial charge in [0.1, 0.15) is 13.2 Å². The average molecular weight is 906 g/mol. The average Bonchev–Trinajstić information content (AvgIpc) is 3.27. The van der Waals surface area contributed by atoms with Gasteiger partial charge in [0, 0.05) is 19.3 Å². The van der Waals surface area contributed by atoms with Gasteiger partial charge >= 0.3 is 17.9 Å². The summed E-state index contributed by atoms with van der Waals surface area (Å²) < 4.78 is 16.9. The minimum absolute atomic E-state index is 0.0629. The molecule has 64 heavy (non-hydrogen) atoms. The number of rotatable bonds is 52. The SMILES string of the molecule is CCCCCCCCCCCCCCCCCC(=O)OC[C@@H](COC(=O)CCCCCCCCCCCCCCCCCC(C)C)OC(=O)CCCCCCCCCCCCC(C)C. The van der Waals surface area contributed by atoms with Crippen molar-refractivity contribution < 1.29 is 28.6 Å². The molecule has 0 aromatic rings. The van der Waals surface area contributed by atoms with Gasteiger partial charge in [0.15, 0.2) is 6.10 Å². The van der Waals surface area contributed by atoms with Crippen LogP contribution in [0.3, 0.4) is 0 Å². The van der Waals surface area contributed by atoms with E-state index in [1.54, 1.807) is 0 Å². The molecule has 0 aliphatic heterocycles. The molecular formula is C58H112O6. The first-order valence-electron chi connectivity index (χ1n) is 28.7. The van der Waals surface area contributed by atoms with Crippen LogP contribution in [0, 0.1) is 11.8 Å².